The van der Waals surface area contributed by atoms with Gasteiger partial charge in [0.1, 0.15) is 6.07 Å². The third kappa shape index (κ3) is 5.46. The Labute approximate surface area is 255 Å². The van der Waals surface area contributed by atoms with Crippen molar-refractivity contribution in [3.8, 4) is 51.2 Å². The molecule has 0 radical (unpaired) electrons. The van der Waals surface area contributed by atoms with Gasteiger partial charge in [-0.05, 0) is 67.9 Å². The van der Waals surface area contributed by atoms with Gasteiger partial charge in [-0.15, -0.1) is 0 Å². The van der Waals surface area contributed by atoms with Crippen LogP contribution in [0, 0.1) is 18.3 Å². The molecule has 0 aliphatic heterocycles. The lowest BCUT2D eigenvalue weighted by atomic mass is 9.94. The molecule has 0 fully saturated rings. The zero-order valence-corrected chi connectivity index (χ0v) is 24.8. The lowest BCUT2D eigenvalue weighted by molar-refractivity contribution is 0.318. The molecule has 0 aliphatic carbocycles. The monoisotopic (exact) mass is 600 g/mol. The standard InChI is InChI=1S/C35H28N4O4S/c1-3-43-34-18-24(12-17-33(34)40)28-19-32(38-35(29(28)20-36)30-21-37-31-7-5-4-6-27(30)31)23-10-13-25(14-11-23)39-44(41,42)26-15-8-22(2)9-16-26/h4-19,21,37,39-40H,3H2,1-2H3. The highest BCUT2D eigenvalue weighted by atomic mass is 32.2. The molecule has 6 aromatic rings. The van der Waals surface area contributed by atoms with Crippen LogP contribution in [0.4, 0.5) is 5.69 Å². The molecule has 9 heteroatoms. The average molecular weight is 601 g/mol. The lowest BCUT2D eigenvalue weighted by Gasteiger charge is -2.15. The molecule has 2 aromatic heterocycles. The number of rotatable bonds is 8. The van der Waals surface area contributed by atoms with E-state index in [9.17, 15) is 18.8 Å². The second-order valence-corrected chi connectivity index (χ2v) is 11.9. The summed E-state index contributed by atoms with van der Waals surface area (Å²) < 4.78 is 34.1. The molecule has 0 unspecified atom stereocenters. The highest BCUT2D eigenvalue weighted by Gasteiger charge is 2.21. The number of nitriles is 1. The fourth-order valence-electron chi connectivity index (χ4n) is 5.09. The molecular formula is C35H28N4O4S. The van der Waals surface area contributed by atoms with Crippen LogP contribution < -0.4 is 9.46 Å². The summed E-state index contributed by atoms with van der Waals surface area (Å²) in [5.41, 5.74) is 6.51. The molecule has 0 saturated carbocycles. The number of para-hydroxylation sites is 1. The van der Waals surface area contributed by atoms with Crippen molar-refractivity contribution in [2.75, 3.05) is 11.3 Å². The van der Waals surface area contributed by atoms with Crippen molar-refractivity contribution in [2.24, 2.45) is 0 Å². The zero-order valence-electron chi connectivity index (χ0n) is 24.0. The van der Waals surface area contributed by atoms with E-state index in [1.54, 1.807) is 66.7 Å². The van der Waals surface area contributed by atoms with Gasteiger partial charge in [0.15, 0.2) is 11.5 Å². The third-order valence-electron chi connectivity index (χ3n) is 7.31. The minimum atomic E-state index is -3.77. The smallest absolute Gasteiger partial charge is 0.261 e. The van der Waals surface area contributed by atoms with Crippen molar-refractivity contribution < 1.29 is 18.3 Å². The number of hydrogen-bond acceptors (Lipinski definition) is 6. The van der Waals surface area contributed by atoms with Crippen molar-refractivity contribution in [2.45, 2.75) is 18.7 Å². The molecule has 0 aliphatic rings. The molecule has 44 heavy (non-hydrogen) atoms. The van der Waals surface area contributed by atoms with Crippen LogP contribution in [0.1, 0.15) is 18.1 Å². The van der Waals surface area contributed by atoms with E-state index in [1.807, 2.05) is 50.4 Å². The minimum absolute atomic E-state index is 0.00363. The maximum Gasteiger partial charge on any atom is 0.261 e. The first-order valence-corrected chi connectivity index (χ1v) is 15.4. The average Bonchev–Trinajstić information content (AvgIpc) is 3.46. The van der Waals surface area contributed by atoms with Crippen molar-refractivity contribution in [3.05, 3.63) is 114 Å². The van der Waals surface area contributed by atoms with Crippen molar-refractivity contribution >= 4 is 26.6 Å². The topological polar surface area (TPSA) is 128 Å². The van der Waals surface area contributed by atoms with Gasteiger partial charge in [0, 0.05) is 39.5 Å². The van der Waals surface area contributed by atoms with E-state index >= 15 is 0 Å². The molecule has 8 nitrogen and oxygen atoms in total. The number of pyridine rings is 1. The minimum Gasteiger partial charge on any atom is -0.504 e. The van der Waals surface area contributed by atoms with Gasteiger partial charge in [-0.1, -0.05) is 54.1 Å². The number of ether oxygens (including phenoxy) is 1. The van der Waals surface area contributed by atoms with Gasteiger partial charge in [0.25, 0.3) is 10.0 Å². The van der Waals surface area contributed by atoms with Crippen LogP contribution in [0.2, 0.25) is 0 Å². The van der Waals surface area contributed by atoms with E-state index in [-0.39, 0.29) is 10.6 Å². The Balaban J connectivity index is 1.47. The Morgan fingerprint density at radius 3 is 2.39 bits per heavy atom. The Morgan fingerprint density at radius 2 is 1.66 bits per heavy atom. The first-order chi connectivity index (χ1) is 21.3. The van der Waals surface area contributed by atoms with E-state index in [2.05, 4.69) is 15.8 Å². The number of phenolic OH excluding ortho intramolecular Hbond substituents is 1. The Morgan fingerprint density at radius 1 is 0.932 bits per heavy atom. The molecule has 0 spiro atoms. The van der Waals surface area contributed by atoms with Crippen molar-refractivity contribution in [1.82, 2.24) is 9.97 Å². The van der Waals surface area contributed by atoms with Gasteiger partial charge < -0.3 is 14.8 Å². The summed E-state index contributed by atoms with van der Waals surface area (Å²) in [7, 11) is -3.77. The summed E-state index contributed by atoms with van der Waals surface area (Å²) in [4.78, 5) is 8.41. The molecule has 3 N–H and O–H groups in total. The molecule has 6 rings (SSSR count). The number of aromatic hydroxyl groups is 1. The first-order valence-electron chi connectivity index (χ1n) is 13.9. The quantitative estimate of drug-likeness (QED) is 0.165. The summed E-state index contributed by atoms with van der Waals surface area (Å²) in [5.74, 6) is 0.315. The van der Waals surface area contributed by atoms with Gasteiger partial charge in [-0.25, -0.2) is 13.4 Å². The van der Waals surface area contributed by atoms with Crippen LogP contribution in [0.3, 0.4) is 0 Å². The highest BCUT2D eigenvalue weighted by molar-refractivity contribution is 7.92. The van der Waals surface area contributed by atoms with Crippen LogP contribution >= 0.6 is 0 Å². The third-order valence-corrected chi connectivity index (χ3v) is 8.71. The van der Waals surface area contributed by atoms with Gasteiger partial charge in [-0.3, -0.25) is 4.72 Å². The normalized spacial score (nSPS) is 11.3. The van der Waals surface area contributed by atoms with Gasteiger partial charge in [0.2, 0.25) is 0 Å². The number of H-pyrrole nitrogens is 1. The molecule has 218 valence electrons. The number of aromatic amines is 1. The Hall–Kier alpha value is -5.59. The Bertz CT molecular complexity index is 2150. The lowest BCUT2D eigenvalue weighted by Crippen LogP contribution is -2.12. The van der Waals surface area contributed by atoms with E-state index in [0.717, 1.165) is 27.6 Å². The fourth-order valence-corrected chi connectivity index (χ4v) is 6.15. The van der Waals surface area contributed by atoms with Crippen LogP contribution in [0.15, 0.2) is 108 Å². The van der Waals surface area contributed by atoms with E-state index in [0.29, 0.717) is 46.1 Å². The van der Waals surface area contributed by atoms with Crippen molar-refractivity contribution in [3.63, 3.8) is 0 Å². The number of nitrogens with zero attached hydrogens (tertiary/aromatic N) is 2. The molecular weight excluding hydrogens is 572 g/mol. The molecule has 2 heterocycles. The number of sulfonamides is 1. The fraction of sp³-hybridized carbons (Fsp3) is 0.0857. The Kier molecular flexibility index (Phi) is 7.51. The summed E-state index contributed by atoms with van der Waals surface area (Å²) in [6.45, 7) is 4.09. The largest absolute Gasteiger partial charge is 0.504 e. The number of hydrogen-bond donors (Lipinski definition) is 3. The predicted octanol–water partition coefficient (Wildman–Crippen LogP) is 7.65. The maximum atomic E-state index is 12.9. The van der Waals surface area contributed by atoms with E-state index in [4.69, 9.17) is 9.72 Å². The highest BCUT2D eigenvalue weighted by Crippen LogP contribution is 2.40. The molecule has 0 saturated heterocycles. The SMILES string of the molecule is CCOc1cc(-c2cc(-c3ccc(NS(=O)(=O)c4ccc(C)cc4)cc3)nc(-c3c[nH]c4ccccc34)c2C#N)ccc1O. The van der Waals surface area contributed by atoms with Crippen LogP contribution in [-0.4, -0.2) is 30.1 Å². The number of aromatic nitrogens is 2. The summed E-state index contributed by atoms with van der Waals surface area (Å²) in [6.07, 6.45) is 1.84. The number of fused-ring (bicyclic) bond motifs is 1. The summed E-state index contributed by atoms with van der Waals surface area (Å²) >= 11 is 0. The van der Waals surface area contributed by atoms with Gasteiger partial charge >= 0.3 is 0 Å². The van der Waals surface area contributed by atoms with Gasteiger partial charge in [-0.2, -0.15) is 5.26 Å². The molecule has 4 aromatic carbocycles. The molecule has 0 atom stereocenters. The molecule has 0 bridgehead atoms. The zero-order chi connectivity index (χ0) is 30.8. The molecule has 0 amide bonds. The number of benzene rings is 4. The number of anilines is 1. The van der Waals surface area contributed by atoms with E-state index in [1.165, 1.54) is 0 Å². The predicted molar refractivity (Wildman–Crippen MR) is 172 cm³/mol. The van der Waals surface area contributed by atoms with Crippen molar-refractivity contribution in [1.29, 1.82) is 5.26 Å². The second-order valence-electron chi connectivity index (χ2n) is 10.2. The second kappa shape index (κ2) is 11.6. The number of nitrogens with one attached hydrogen (secondary N) is 2. The van der Waals surface area contributed by atoms with Crippen LogP contribution in [0.25, 0.3) is 44.5 Å². The van der Waals surface area contributed by atoms with Gasteiger partial charge in [0.05, 0.1) is 28.5 Å². The number of aryl methyl sites for hydroxylation is 1. The van der Waals surface area contributed by atoms with Crippen LogP contribution in [0.5, 0.6) is 11.5 Å². The summed E-state index contributed by atoms with van der Waals surface area (Å²) in [5, 5.41) is 21.7. The first kappa shape index (κ1) is 28.5. The summed E-state index contributed by atoms with van der Waals surface area (Å²) in [6, 6.07) is 30.5. The van der Waals surface area contributed by atoms with E-state index < -0.39 is 10.0 Å². The maximum absolute atomic E-state index is 12.9. The number of phenols is 1. The van der Waals surface area contributed by atoms with Crippen LogP contribution in [-0.2, 0) is 10.0 Å².